The van der Waals surface area contributed by atoms with Gasteiger partial charge in [-0.15, -0.1) is 4.59 Å². The van der Waals surface area contributed by atoms with Crippen molar-refractivity contribution in [2.24, 2.45) is 10.2 Å². The molecule has 6 nitrogen and oxygen atoms in total. The highest BCUT2D eigenvalue weighted by molar-refractivity contribution is 5.95. The molecule has 0 saturated carbocycles. The van der Waals surface area contributed by atoms with E-state index in [1.165, 1.54) is 11.1 Å². The number of hydrogen-bond donors (Lipinski definition) is 1. The van der Waals surface area contributed by atoms with Crippen molar-refractivity contribution in [2.75, 3.05) is 14.1 Å². The van der Waals surface area contributed by atoms with E-state index in [0.717, 1.165) is 11.1 Å². The molecule has 186 valence electrons. The van der Waals surface area contributed by atoms with E-state index in [2.05, 4.69) is 43.3 Å². The minimum Gasteiger partial charge on any atom is -0.267 e. The first-order valence-corrected chi connectivity index (χ1v) is 12.1. The van der Waals surface area contributed by atoms with Crippen molar-refractivity contribution < 1.29 is 14.2 Å². The van der Waals surface area contributed by atoms with Crippen molar-refractivity contribution in [3.05, 3.63) is 106 Å². The Hall–Kier alpha value is -3.90. The van der Waals surface area contributed by atoms with Crippen molar-refractivity contribution in [1.29, 1.82) is 0 Å². The van der Waals surface area contributed by atoms with Gasteiger partial charge in [0.05, 0.1) is 18.0 Å². The van der Waals surface area contributed by atoms with Crippen LogP contribution in [-0.4, -0.2) is 42.9 Å². The van der Waals surface area contributed by atoms with Crippen LogP contribution in [0.2, 0.25) is 0 Å². The maximum absolute atomic E-state index is 13.0. The number of benzene rings is 3. The number of carbonyl (C=O) groups is 2. The van der Waals surface area contributed by atoms with Gasteiger partial charge in [-0.1, -0.05) is 75.3 Å². The summed E-state index contributed by atoms with van der Waals surface area (Å²) in [7, 11) is 3.51. The van der Waals surface area contributed by atoms with E-state index < -0.39 is 0 Å². The fraction of sp³-hybridized carbons (Fsp3) is 0.267. The second-order valence-corrected chi connectivity index (χ2v) is 9.87. The second kappa shape index (κ2) is 11.7. The van der Waals surface area contributed by atoms with Gasteiger partial charge in [-0.3, -0.25) is 4.79 Å². The second-order valence-electron chi connectivity index (χ2n) is 9.87. The maximum atomic E-state index is 13.0. The van der Waals surface area contributed by atoms with Gasteiger partial charge >= 0.3 is 5.91 Å². The van der Waals surface area contributed by atoms with Crippen LogP contribution in [0.25, 0.3) is 0 Å². The van der Waals surface area contributed by atoms with E-state index in [1.807, 2.05) is 60.7 Å². The van der Waals surface area contributed by atoms with Crippen molar-refractivity contribution in [3.63, 3.8) is 0 Å². The smallest absolute Gasteiger partial charge is 0.267 e. The van der Waals surface area contributed by atoms with Crippen molar-refractivity contribution in [3.8, 4) is 0 Å². The normalized spacial score (nSPS) is 12.1. The molecule has 0 fully saturated rings. The van der Waals surface area contributed by atoms with Crippen molar-refractivity contribution in [2.45, 2.75) is 39.5 Å². The molecule has 1 N–H and O–H groups in total. The predicted molar refractivity (Wildman–Crippen MR) is 147 cm³/mol. The van der Waals surface area contributed by atoms with Crippen molar-refractivity contribution >= 4 is 24.2 Å². The van der Waals surface area contributed by atoms with Crippen LogP contribution in [0.15, 0.2) is 83.0 Å². The molecule has 3 rings (SSSR count). The lowest BCUT2D eigenvalue weighted by Crippen LogP contribution is -2.40. The number of amides is 2. The van der Waals surface area contributed by atoms with Crippen LogP contribution in [-0.2, 0) is 0 Å². The van der Waals surface area contributed by atoms with Gasteiger partial charge in [0, 0.05) is 5.56 Å². The summed E-state index contributed by atoms with van der Waals surface area (Å²) in [5.41, 5.74) is 7.74. The van der Waals surface area contributed by atoms with Crippen LogP contribution < -0.4 is 5.43 Å². The van der Waals surface area contributed by atoms with Crippen molar-refractivity contribution in [1.82, 2.24) is 5.43 Å². The topological polar surface area (TPSA) is 70.9 Å². The molecule has 0 unspecified atom stereocenters. The minimum absolute atomic E-state index is 0.0941. The summed E-state index contributed by atoms with van der Waals surface area (Å²) in [6.45, 7) is 8.47. The van der Waals surface area contributed by atoms with E-state index >= 15 is 0 Å². The Kier molecular flexibility index (Phi) is 8.67. The van der Waals surface area contributed by atoms with Crippen LogP contribution in [0.4, 0.5) is 0 Å². The third-order valence-electron chi connectivity index (χ3n) is 5.95. The Morgan fingerprint density at radius 1 is 0.750 bits per heavy atom. The zero-order valence-electron chi connectivity index (χ0n) is 21.9. The maximum Gasteiger partial charge on any atom is 0.371 e. The molecule has 0 radical (unpaired) electrons. The number of rotatable bonds is 8. The highest BCUT2D eigenvalue weighted by Gasteiger charge is 2.28. The van der Waals surface area contributed by atoms with Crippen LogP contribution in [0, 0.1) is 0 Å². The molecule has 6 heteroatoms. The first-order chi connectivity index (χ1) is 17.1. The van der Waals surface area contributed by atoms with Crippen LogP contribution in [0.1, 0.15) is 82.5 Å². The molecule has 0 heterocycles. The van der Waals surface area contributed by atoms with Gasteiger partial charge in [0.15, 0.2) is 0 Å². The Morgan fingerprint density at radius 3 is 1.78 bits per heavy atom. The summed E-state index contributed by atoms with van der Waals surface area (Å²) < 4.78 is -0.162. The Bertz CT molecular complexity index is 1250. The Morgan fingerprint density at radius 2 is 1.25 bits per heavy atom. The minimum atomic E-state index is -0.265. The average molecular weight is 484 g/mol. The summed E-state index contributed by atoms with van der Waals surface area (Å²) in [6, 6.07) is 22.8. The highest BCUT2D eigenvalue weighted by Crippen LogP contribution is 2.18. The molecule has 0 aliphatic rings. The number of nitrogens with one attached hydrogen (secondary N) is 1. The first kappa shape index (κ1) is 26.7. The van der Waals surface area contributed by atoms with Gasteiger partial charge in [-0.2, -0.15) is 5.10 Å². The Labute approximate surface area is 213 Å². The molecule has 0 aromatic heterocycles. The fourth-order valence-corrected chi connectivity index (χ4v) is 3.56. The summed E-state index contributed by atoms with van der Waals surface area (Å²) in [4.78, 5) is 25.4. The van der Waals surface area contributed by atoms with E-state index in [0.29, 0.717) is 23.0 Å². The molecular weight excluding hydrogens is 448 g/mol. The molecular formula is C30H35N4O2+. The molecule has 0 spiro atoms. The van der Waals surface area contributed by atoms with Gasteiger partial charge in [-0.05, 0) is 64.4 Å². The van der Waals surface area contributed by atoms with Crippen LogP contribution >= 0.6 is 0 Å². The van der Waals surface area contributed by atoms with E-state index in [4.69, 9.17) is 0 Å². The van der Waals surface area contributed by atoms with Crippen LogP contribution in [0.5, 0.6) is 0 Å². The molecule has 36 heavy (non-hydrogen) atoms. The largest absolute Gasteiger partial charge is 0.371 e. The van der Waals surface area contributed by atoms with Gasteiger partial charge < -0.3 is 0 Å². The monoisotopic (exact) mass is 483 g/mol. The van der Waals surface area contributed by atoms with Gasteiger partial charge in [0.2, 0.25) is 0 Å². The zero-order chi connectivity index (χ0) is 26.3. The third-order valence-corrected chi connectivity index (χ3v) is 5.95. The lowest BCUT2D eigenvalue weighted by Gasteiger charge is -2.19. The SMILES string of the molecule is CC(C)c1ccc(C(=O)N/N=C/c2cccc(/C=N/[N+](C)(C)C(=O)c3ccc(C(C)C)cc3)c2)cc1. The number of hydrogen-bond acceptors (Lipinski definition) is 4. The molecule has 2 amide bonds. The molecule has 0 atom stereocenters. The molecule has 3 aromatic carbocycles. The molecule has 3 aromatic rings. The number of hydrazone groups is 1. The molecule has 0 aliphatic carbocycles. The number of nitrogens with zero attached hydrogens (tertiary/aromatic N) is 3. The molecule has 0 aliphatic heterocycles. The van der Waals surface area contributed by atoms with E-state index in [-0.39, 0.29) is 16.4 Å². The summed E-state index contributed by atoms with van der Waals surface area (Å²) >= 11 is 0. The van der Waals surface area contributed by atoms with E-state index in [1.54, 1.807) is 38.7 Å². The highest BCUT2D eigenvalue weighted by atomic mass is 16.2. The first-order valence-electron chi connectivity index (χ1n) is 12.1. The molecule has 0 saturated heterocycles. The summed E-state index contributed by atoms with van der Waals surface area (Å²) in [6.07, 6.45) is 3.26. The quantitative estimate of drug-likeness (QED) is 0.244. The van der Waals surface area contributed by atoms with Gasteiger partial charge in [0.25, 0.3) is 5.91 Å². The fourth-order valence-electron chi connectivity index (χ4n) is 3.56. The molecule has 0 bridgehead atoms. The summed E-state index contributed by atoms with van der Waals surface area (Å²) in [5, 5.41) is 8.60. The average Bonchev–Trinajstić information content (AvgIpc) is 2.87. The Balaban J connectivity index is 1.64. The predicted octanol–water partition coefficient (Wildman–Crippen LogP) is 5.95. The lowest BCUT2D eigenvalue weighted by atomic mass is 10.0. The zero-order valence-corrected chi connectivity index (χ0v) is 21.9. The van der Waals surface area contributed by atoms with Gasteiger partial charge in [-0.25, -0.2) is 10.2 Å². The number of quaternary nitrogens is 1. The van der Waals surface area contributed by atoms with Gasteiger partial charge in [0.1, 0.15) is 14.1 Å². The van der Waals surface area contributed by atoms with E-state index in [9.17, 15) is 9.59 Å². The summed E-state index contributed by atoms with van der Waals surface area (Å²) in [5.74, 6) is 0.464. The van der Waals surface area contributed by atoms with Crippen LogP contribution in [0.3, 0.4) is 0 Å². The lowest BCUT2D eigenvalue weighted by molar-refractivity contribution is -0.813. The third kappa shape index (κ3) is 7.06. The standard InChI is InChI=1S/C30H34N4O2/c1-21(2)25-10-14-27(15-11-25)29(35)33-31-19-23-8-7-9-24(18-23)20-32-34(5,6)30(36)28-16-12-26(13-17-28)22(3)4/h7-22H,1-6H3/p+1/b31-19+,32-20+. The number of carbonyl (C=O) groups excluding carboxylic acids is 2.